The Balaban J connectivity index is 1.43. The number of benzene rings is 3. The topological polar surface area (TPSA) is 92.9 Å². The molecule has 1 amide bonds. The van der Waals surface area contributed by atoms with Crippen molar-refractivity contribution >= 4 is 16.1 Å². The van der Waals surface area contributed by atoms with Crippen molar-refractivity contribution in [2.75, 3.05) is 26.2 Å². The third-order valence-corrected chi connectivity index (χ3v) is 9.34. The molecule has 3 aromatic carbocycles. The van der Waals surface area contributed by atoms with E-state index in [4.69, 9.17) is 10.5 Å². The molecule has 8 heteroatoms. The Morgan fingerprint density at radius 1 is 0.892 bits per heavy atom. The number of hydrogen-bond donors (Lipinski definition) is 1. The monoisotopic (exact) mass is 521 g/mol. The molecule has 3 aromatic rings. The summed E-state index contributed by atoms with van der Waals surface area (Å²) >= 11 is 0. The van der Waals surface area contributed by atoms with Crippen LogP contribution in [-0.2, 0) is 15.6 Å². The van der Waals surface area contributed by atoms with Gasteiger partial charge in [-0.1, -0.05) is 74.5 Å². The van der Waals surface area contributed by atoms with Crippen LogP contribution in [0, 0.1) is 5.92 Å². The number of rotatable bonds is 8. The molecule has 0 spiro atoms. The summed E-state index contributed by atoms with van der Waals surface area (Å²) in [7, 11) is -3.56. The summed E-state index contributed by atoms with van der Waals surface area (Å²) < 4.78 is 32.3. The average molecular weight is 522 g/mol. The maximum absolute atomic E-state index is 12.9. The maximum Gasteiger partial charge on any atom is 0.415 e. The van der Waals surface area contributed by atoms with Gasteiger partial charge in [0.1, 0.15) is 5.75 Å². The fraction of sp³-hybridized carbons (Fsp3) is 0.345. The van der Waals surface area contributed by atoms with Gasteiger partial charge in [0.25, 0.3) is 0 Å². The summed E-state index contributed by atoms with van der Waals surface area (Å²) in [5, 5.41) is 0. The van der Waals surface area contributed by atoms with E-state index in [-0.39, 0.29) is 10.8 Å². The molecule has 2 N–H and O–H groups in total. The first-order valence-corrected chi connectivity index (χ1v) is 14.2. The lowest BCUT2D eigenvalue weighted by molar-refractivity contribution is 0.116. The second-order valence-electron chi connectivity index (χ2n) is 9.29. The number of carbonyl (C=O) groups is 1. The Bertz CT molecular complexity index is 1230. The van der Waals surface area contributed by atoms with Crippen molar-refractivity contribution in [3.8, 4) is 5.75 Å². The van der Waals surface area contributed by atoms with Gasteiger partial charge in [0.2, 0.25) is 10.0 Å². The lowest BCUT2D eigenvalue weighted by Gasteiger charge is -2.43. The van der Waals surface area contributed by atoms with Gasteiger partial charge in [-0.2, -0.15) is 4.31 Å². The van der Waals surface area contributed by atoms with Crippen LogP contribution in [0.3, 0.4) is 0 Å². The quantitative estimate of drug-likeness (QED) is 0.458. The van der Waals surface area contributed by atoms with Crippen molar-refractivity contribution in [1.82, 2.24) is 9.21 Å². The van der Waals surface area contributed by atoms with Gasteiger partial charge in [-0.25, -0.2) is 13.2 Å². The van der Waals surface area contributed by atoms with Gasteiger partial charge in [-0.3, -0.25) is 0 Å². The van der Waals surface area contributed by atoms with Crippen LogP contribution in [0.4, 0.5) is 4.79 Å². The zero-order valence-corrected chi connectivity index (χ0v) is 22.2. The van der Waals surface area contributed by atoms with Crippen LogP contribution in [-0.4, -0.2) is 49.9 Å². The van der Waals surface area contributed by atoms with E-state index in [9.17, 15) is 13.2 Å². The number of ether oxygens (including phenoxy) is 1. The predicted octanol–water partition coefficient (Wildman–Crippen LogP) is 4.83. The van der Waals surface area contributed by atoms with E-state index in [1.165, 1.54) is 28.6 Å². The largest absolute Gasteiger partial charge is 0.415 e. The van der Waals surface area contributed by atoms with Gasteiger partial charge in [-0.05, 0) is 54.2 Å². The number of carbonyl (C=O) groups excluding carboxylic acids is 1. The fourth-order valence-electron chi connectivity index (χ4n) is 5.14. The van der Waals surface area contributed by atoms with Crippen LogP contribution in [0.15, 0.2) is 89.8 Å². The van der Waals surface area contributed by atoms with Crippen molar-refractivity contribution in [1.29, 1.82) is 0 Å². The Kier molecular flexibility index (Phi) is 8.32. The van der Waals surface area contributed by atoms with E-state index in [1.54, 1.807) is 18.7 Å². The van der Waals surface area contributed by atoms with Gasteiger partial charge in [-0.15, -0.1) is 0 Å². The minimum atomic E-state index is -3.56. The molecule has 1 heterocycles. The molecule has 0 aliphatic carbocycles. The molecular formula is C29H35N3O4S. The van der Waals surface area contributed by atoms with Crippen LogP contribution < -0.4 is 10.5 Å². The number of likely N-dealkylation sites (tertiary alicyclic amines) is 1. The summed E-state index contributed by atoms with van der Waals surface area (Å²) in [4.78, 5) is 14.8. The smallest absolute Gasteiger partial charge is 0.410 e. The normalized spacial score (nSPS) is 15.1. The van der Waals surface area contributed by atoms with E-state index in [2.05, 4.69) is 24.3 Å². The molecule has 7 nitrogen and oxygen atoms in total. The van der Waals surface area contributed by atoms with Crippen LogP contribution in [0.1, 0.15) is 37.8 Å². The van der Waals surface area contributed by atoms with Crippen molar-refractivity contribution in [3.63, 3.8) is 0 Å². The SMILES string of the molecule is CCN(CC)S(=O)(=O)c1ccc(OC(=O)N2CCC(C(N)(c3ccccc3)c3ccccc3)CC2)cc1. The molecule has 1 aliphatic rings. The van der Waals surface area contributed by atoms with Gasteiger partial charge in [0.15, 0.2) is 0 Å². The molecular weight excluding hydrogens is 486 g/mol. The highest BCUT2D eigenvalue weighted by Gasteiger charge is 2.40. The third-order valence-electron chi connectivity index (χ3n) is 7.27. The van der Waals surface area contributed by atoms with Crippen LogP contribution in [0.2, 0.25) is 0 Å². The number of hydrogen-bond acceptors (Lipinski definition) is 5. The van der Waals surface area contributed by atoms with Gasteiger partial charge >= 0.3 is 6.09 Å². The zero-order chi connectivity index (χ0) is 26.5. The number of nitrogens with two attached hydrogens (primary N) is 1. The van der Waals surface area contributed by atoms with E-state index in [0.717, 1.165) is 24.0 Å². The van der Waals surface area contributed by atoms with Gasteiger partial charge in [0.05, 0.1) is 10.4 Å². The van der Waals surface area contributed by atoms with Crippen molar-refractivity contribution in [2.24, 2.45) is 11.7 Å². The van der Waals surface area contributed by atoms with Crippen LogP contribution >= 0.6 is 0 Å². The molecule has 0 aromatic heterocycles. The molecule has 0 bridgehead atoms. The van der Waals surface area contributed by atoms with Gasteiger partial charge < -0.3 is 15.4 Å². The summed E-state index contributed by atoms with van der Waals surface area (Å²) in [6, 6.07) is 26.3. The number of sulfonamides is 1. The standard InChI is InChI=1S/C29H35N3O4S/c1-3-32(4-2)37(34,35)27-17-15-26(16-18-27)36-28(33)31-21-19-25(20-22-31)29(30,23-11-7-5-8-12-23)24-13-9-6-10-14-24/h5-18,25H,3-4,19-22,30H2,1-2H3. The van der Waals surface area contributed by atoms with E-state index < -0.39 is 21.7 Å². The number of amides is 1. The highest BCUT2D eigenvalue weighted by molar-refractivity contribution is 7.89. The van der Waals surface area contributed by atoms with Crippen LogP contribution in [0.25, 0.3) is 0 Å². The average Bonchev–Trinajstić information content (AvgIpc) is 2.94. The molecule has 0 radical (unpaired) electrons. The first-order chi connectivity index (χ1) is 17.8. The van der Waals surface area contributed by atoms with E-state index in [0.29, 0.717) is 31.9 Å². The molecule has 196 valence electrons. The minimum absolute atomic E-state index is 0.144. The molecule has 0 atom stereocenters. The predicted molar refractivity (Wildman–Crippen MR) is 145 cm³/mol. The Hall–Kier alpha value is -3.20. The molecule has 1 saturated heterocycles. The summed E-state index contributed by atoms with van der Waals surface area (Å²) in [6.45, 7) is 5.44. The van der Waals surface area contributed by atoms with Crippen molar-refractivity contribution < 1.29 is 17.9 Å². The van der Waals surface area contributed by atoms with E-state index in [1.807, 2.05) is 36.4 Å². The Morgan fingerprint density at radius 3 is 1.84 bits per heavy atom. The zero-order valence-electron chi connectivity index (χ0n) is 21.4. The van der Waals surface area contributed by atoms with Crippen molar-refractivity contribution in [2.45, 2.75) is 37.1 Å². The summed E-state index contributed by atoms with van der Waals surface area (Å²) in [5.74, 6) is 0.457. The second-order valence-corrected chi connectivity index (χ2v) is 11.2. The highest BCUT2D eigenvalue weighted by Crippen LogP contribution is 2.40. The van der Waals surface area contributed by atoms with Crippen molar-refractivity contribution in [3.05, 3.63) is 96.1 Å². The summed E-state index contributed by atoms with van der Waals surface area (Å²) in [5.41, 5.74) is 8.62. The maximum atomic E-state index is 12.9. The number of nitrogens with zero attached hydrogens (tertiary/aromatic N) is 2. The molecule has 4 rings (SSSR count). The number of piperidine rings is 1. The Morgan fingerprint density at radius 2 is 1.38 bits per heavy atom. The molecule has 0 unspecified atom stereocenters. The lowest BCUT2D eigenvalue weighted by atomic mass is 9.70. The molecule has 1 fully saturated rings. The van der Waals surface area contributed by atoms with Crippen LogP contribution in [0.5, 0.6) is 5.75 Å². The fourth-order valence-corrected chi connectivity index (χ4v) is 6.60. The molecule has 1 aliphatic heterocycles. The lowest BCUT2D eigenvalue weighted by Crippen LogP contribution is -2.51. The van der Waals surface area contributed by atoms with E-state index >= 15 is 0 Å². The van der Waals surface area contributed by atoms with Gasteiger partial charge in [0, 0.05) is 26.2 Å². The first-order valence-electron chi connectivity index (χ1n) is 12.8. The third kappa shape index (κ3) is 5.56. The second kappa shape index (κ2) is 11.5. The Labute approximate surface area is 219 Å². The summed E-state index contributed by atoms with van der Waals surface area (Å²) in [6.07, 6.45) is 1.02. The highest BCUT2D eigenvalue weighted by atomic mass is 32.2. The minimum Gasteiger partial charge on any atom is -0.410 e. The molecule has 0 saturated carbocycles. The first kappa shape index (κ1) is 26.9. The molecule has 37 heavy (non-hydrogen) atoms.